The molecule has 2 aliphatic rings. The molecule has 1 aromatic heterocycles. The molecule has 1 atom stereocenters. The molecular formula is C14H23N3O. The summed E-state index contributed by atoms with van der Waals surface area (Å²) in [5.41, 5.74) is 0. The standard InChI is InChI=1S/C14H23N3O/c1-2-13(14-4-3-9-18-14)17-10-12(11-17)16-7-5-15-6-8-16/h3-4,9,12-13,15H,2,5-8,10-11H2,1H3. The van der Waals surface area contributed by atoms with Crippen molar-refractivity contribution in [3.8, 4) is 0 Å². The first kappa shape index (κ1) is 12.2. The molecule has 1 aromatic rings. The third kappa shape index (κ3) is 2.32. The maximum atomic E-state index is 5.56. The van der Waals surface area contributed by atoms with Gasteiger partial charge in [-0.25, -0.2) is 0 Å². The van der Waals surface area contributed by atoms with Gasteiger partial charge in [0.1, 0.15) is 5.76 Å². The van der Waals surface area contributed by atoms with E-state index in [0.717, 1.165) is 31.3 Å². The summed E-state index contributed by atoms with van der Waals surface area (Å²) in [5.74, 6) is 1.12. The molecule has 2 fully saturated rings. The van der Waals surface area contributed by atoms with Crippen molar-refractivity contribution >= 4 is 0 Å². The minimum atomic E-state index is 0.471. The van der Waals surface area contributed by atoms with E-state index in [2.05, 4.69) is 28.1 Å². The Balaban J connectivity index is 1.54. The summed E-state index contributed by atoms with van der Waals surface area (Å²) in [6, 6.07) is 5.33. The van der Waals surface area contributed by atoms with E-state index in [1.54, 1.807) is 6.26 Å². The number of rotatable bonds is 4. The molecule has 0 saturated carbocycles. The molecule has 2 saturated heterocycles. The van der Waals surface area contributed by atoms with Gasteiger partial charge in [-0.3, -0.25) is 9.80 Å². The van der Waals surface area contributed by atoms with Gasteiger partial charge >= 0.3 is 0 Å². The molecule has 0 amide bonds. The third-order valence-corrected chi connectivity index (χ3v) is 4.26. The molecule has 2 aliphatic heterocycles. The summed E-state index contributed by atoms with van der Waals surface area (Å²) < 4.78 is 5.56. The number of piperazine rings is 1. The highest BCUT2D eigenvalue weighted by atomic mass is 16.3. The number of hydrogen-bond acceptors (Lipinski definition) is 4. The van der Waals surface area contributed by atoms with Gasteiger partial charge in [0.15, 0.2) is 0 Å². The largest absolute Gasteiger partial charge is 0.468 e. The van der Waals surface area contributed by atoms with Gasteiger partial charge in [0.25, 0.3) is 0 Å². The number of nitrogens with one attached hydrogen (secondary N) is 1. The molecule has 1 unspecified atom stereocenters. The maximum Gasteiger partial charge on any atom is 0.120 e. The Morgan fingerprint density at radius 3 is 2.78 bits per heavy atom. The zero-order valence-corrected chi connectivity index (χ0v) is 11.1. The van der Waals surface area contributed by atoms with Gasteiger partial charge in [-0.2, -0.15) is 0 Å². The van der Waals surface area contributed by atoms with E-state index < -0.39 is 0 Å². The van der Waals surface area contributed by atoms with E-state index in [1.807, 2.05) is 6.07 Å². The van der Waals surface area contributed by atoms with E-state index in [-0.39, 0.29) is 0 Å². The molecule has 3 rings (SSSR count). The van der Waals surface area contributed by atoms with Crippen LogP contribution in [-0.4, -0.2) is 55.1 Å². The molecule has 100 valence electrons. The lowest BCUT2D eigenvalue weighted by molar-refractivity contribution is -0.00780. The van der Waals surface area contributed by atoms with Crippen molar-refractivity contribution in [2.24, 2.45) is 0 Å². The molecule has 18 heavy (non-hydrogen) atoms. The van der Waals surface area contributed by atoms with Crippen LogP contribution in [0.4, 0.5) is 0 Å². The summed E-state index contributed by atoms with van der Waals surface area (Å²) in [5, 5.41) is 3.42. The van der Waals surface area contributed by atoms with Gasteiger partial charge in [-0.05, 0) is 18.6 Å². The Bertz CT molecular complexity index is 353. The Labute approximate surface area is 109 Å². The van der Waals surface area contributed by atoms with Crippen LogP contribution in [0.15, 0.2) is 22.8 Å². The molecule has 0 spiro atoms. The van der Waals surface area contributed by atoms with Crippen LogP contribution >= 0.6 is 0 Å². The van der Waals surface area contributed by atoms with Crippen molar-refractivity contribution in [2.75, 3.05) is 39.3 Å². The van der Waals surface area contributed by atoms with E-state index in [1.165, 1.54) is 26.2 Å². The number of hydrogen-bond donors (Lipinski definition) is 1. The molecule has 4 heteroatoms. The maximum absolute atomic E-state index is 5.56. The minimum Gasteiger partial charge on any atom is -0.468 e. The van der Waals surface area contributed by atoms with E-state index in [0.29, 0.717) is 6.04 Å². The fourth-order valence-corrected chi connectivity index (χ4v) is 3.14. The topological polar surface area (TPSA) is 31.7 Å². The van der Waals surface area contributed by atoms with Gasteiger partial charge in [0.2, 0.25) is 0 Å². The lowest BCUT2D eigenvalue weighted by Gasteiger charge is -2.49. The average molecular weight is 249 g/mol. The highest BCUT2D eigenvalue weighted by Crippen LogP contribution is 2.30. The molecule has 1 N–H and O–H groups in total. The van der Waals surface area contributed by atoms with Crippen molar-refractivity contribution < 1.29 is 4.42 Å². The van der Waals surface area contributed by atoms with Gasteiger partial charge < -0.3 is 9.73 Å². The molecular weight excluding hydrogens is 226 g/mol. The zero-order valence-electron chi connectivity index (χ0n) is 11.1. The molecule has 0 aromatic carbocycles. The van der Waals surface area contributed by atoms with Crippen LogP contribution in [-0.2, 0) is 0 Å². The second-order valence-electron chi connectivity index (χ2n) is 5.33. The van der Waals surface area contributed by atoms with Crippen LogP contribution in [0.5, 0.6) is 0 Å². The van der Waals surface area contributed by atoms with Crippen LogP contribution in [0.2, 0.25) is 0 Å². The van der Waals surface area contributed by atoms with Gasteiger partial charge in [0, 0.05) is 45.3 Å². The Morgan fingerprint density at radius 2 is 2.17 bits per heavy atom. The Hall–Kier alpha value is -0.840. The van der Waals surface area contributed by atoms with Crippen molar-refractivity contribution in [1.29, 1.82) is 0 Å². The van der Waals surface area contributed by atoms with Crippen molar-refractivity contribution in [1.82, 2.24) is 15.1 Å². The number of nitrogens with zero attached hydrogens (tertiary/aromatic N) is 2. The van der Waals surface area contributed by atoms with Crippen molar-refractivity contribution in [2.45, 2.75) is 25.4 Å². The average Bonchev–Trinajstić information content (AvgIpc) is 2.87. The summed E-state index contributed by atoms with van der Waals surface area (Å²) in [6.07, 6.45) is 2.91. The predicted octanol–water partition coefficient (Wildman–Crippen LogP) is 1.32. The summed E-state index contributed by atoms with van der Waals surface area (Å²) in [7, 11) is 0. The van der Waals surface area contributed by atoms with Crippen LogP contribution in [0.25, 0.3) is 0 Å². The highest BCUT2D eigenvalue weighted by molar-refractivity contribution is 5.07. The van der Waals surface area contributed by atoms with Gasteiger partial charge in [-0.1, -0.05) is 6.92 Å². The lowest BCUT2D eigenvalue weighted by atomic mass is 10.00. The van der Waals surface area contributed by atoms with Crippen molar-refractivity contribution in [3.63, 3.8) is 0 Å². The Morgan fingerprint density at radius 1 is 1.39 bits per heavy atom. The first-order valence-corrected chi connectivity index (χ1v) is 7.10. The van der Waals surface area contributed by atoms with Crippen LogP contribution in [0.1, 0.15) is 25.1 Å². The van der Waals surface area contributed by atoms with Gasteiger partial charge in [0.05, 0.1) is 12.3 Å². The molecule has 0 radical (unpaired) electrons. The smallest absolute Gasteiger partial charge is 0.120 e. The van der Waals surface area contributed by atoms with Gasteiger partial charge in [-0.15, -0.1) is 0 Å². The SMILES string of the molecule is CCC(c1ccco1)N1CC(N2CCNCC2)C1. The third-order valence-electron chi connectivity index (χ3n) is 4.26. The minimum absolute atomic E-state index is 0.471. The fourth-order valence-electron chi connectivity index (χ4n) is 3.14. The highest BCUT2D eigenvalue weighted by Gasteiger charge is 2.36. The number of furan rings is 1. The monoisotopic (exact) mass is 249 g/mol. The fraction of sp³-hybridized carbons (Fsp3) is 0.714. The quantitative estimate of drug-likeness (QED) is 0.872. The summed E-state index contributed by atoms with van der Waals surface area (Å²) in [4.78, 5) is 5.17. The lowest BCUT2D eigenvalue weighted by Crippen LogP contribution is -2.63. The number of likely N-dealkylation sites (tertiary alicyclic amines) is 1. The second-order valence-corrected chi connectivity index (χ2v) is 5.33. The van der Waals surface area contributed by atoms with Crippen LogP contribution in [0, 0.1) is 0 Å². The van der Waals surface area contributed by atoms with Crippen LogP contribution < -0.4 is 5.32 Å². The second kappa shape index (κ2) is 5.43. The Kier molecular flexibility index (Phi) is 3.68. The van der Waals surface area contributed by atoms with Crippen molar-refractivity contribution in [3.05, 3.63) is 24.2 Å². The first-order valence-electron chi connectivity index (χ1n) is 7.10. The van der Waals surface area contributed by atoms with E-state index in [4.69, 9.17) is 4.42 Å². The summed E-state index contributed by atoms with van der Waals surface area (Å²) in [6.45, 7) is 9.33. The molecule has 0 aliphatic carbocycles. The normalized spacial score (nSPS) is 24.9. The zero-order chi connectivity index (χ0) is 12.4. The van der Waals surface area contributed by atoms with E-state index >= 15 is 0 Å². The molecule has 0 bridgehead atoms. The molecule has 3 heterocycles. The van der Waals surface area contributed by atoms with E-state index in [9.17, 15) is 0 Å². The van der Waals surface area contributed by atoms with Crippen LogP contribution in [0.3, 0.4) is 0 Å². The molecule has 4 nitrogen and oxygen atoms in total. The summed E-state index contributed by atoms with van der Waals surface area (Å²) >= 11 is 0. The first-order chi connectivity index (χ1) is 8.88. The predicted molar refractivity (Wildman–Crippen MR) is 71.5 cm³/mol.